The Kier molecular flexibility index (Phi) is 5.80. The van der Waals surface area contributed by atoms with Crippen LogP contribution in [-0.2, 0) is 4.79 Å². The monoisotopic (exact) mass is 386 g/mol. The zero-order valence-corrected chi connectivity index (χ0v) is 16.2. The highest BCUT2D eigenvalue weighted by atomic mass is 32.2. The highest BCUT2D eigenvalue weighted by Crippen LogP contribution is 2.32. The minimum absolute atomic E-state index is 0.232. The number of hydrogen-bond donors (Lipinski definition) is 1. The Hall–Kier alpha value is -2.51. The second-order valence-electron chi connectivity index (χ2n) is 5.26. The molecule has 0 bridgehead atoms. The van der Waals surface area contributed by atoms with Gasteiger partial charge in [0.15, 0.2) is 16.6 Å². The number of thiazole rings is 1. The van der Waals surface area contributed by atoms with E-state index in [4.69, 9.17) is 9.47 Å². The molecule has 0 aliphatic carbocycles. The number of ether oxygens (including phenoxy) is 2. The van der Waals surface area contributed by atoms with Crippen LogP contribution in [0, 0.1) is 0 Å². The molecule has 1 amide bonds. The molecule has 3 aromatic rings. The van der Waals surface area contributed by atoms with Crippen molar-refractivity contribution in [3.05, 3.63) is 48.0 Å². The summed E-state index contributed by atoms with van der Waals surface area (Å²) in [6.07, 6.45) is 5.21. The van der Waals surface area contributed by atoms with Gasteiger partial charge < -0.3 is 9.47 Å². The van der Waals surface area contributed by atoms with Gasteiger partial charge in [0, 0.05) is 11.0 Å². The normalized spacial score (nSPS) is 11.0. The van der Waals surface area contributed by atoms with Gasteiger partial charge in [0.05, 0.1) is 24.4 Å². The third-order valence-corrected chi connectivity index (χ3v) is 5.37. The number of carbonyl (C=O) groups excluding carboxylic acids is 1. The van der Waals surface area contributed by atoms with Crippen LogP contribution in [0.4, 0.5) is 5.13 Å². The summed E-state index contributed by atoms with van der Waals surface area (Å²) in [5, 5.41) is 3.41. The van der Waals surface area contributed by atoms with Gasteiger partial charge in [-0.15, -0.1) is 11.8 Å². The number of hydrogen-bond acceptors (Lipinski definition) is 6. The molecule has 0 atom stereocenters. The molecule has 0 radical (unpaired) electrons. The van der Waals surface area contributed by atoms with E-state index in [0.717, 1.165) is 20.7 Å². The maximum absolute atomic E-state index is 12.2. The Bertz CT molecular complexity index is 967. The summed E-state index contributed by atoms with van der Waals surface area (Å²) in [5.74, 6) is 1.03. The van der Waals surface area contributed by atoms with Gasteiger partial charge in [0.1, 0.15) is 0 Å². The van der Waals surface area contributed by atoms with E-state index in [2.05, 4.69) is 10.3 Å². The average Bonchev–Trinajstić information content (AvgIpc) is 3.08. The minimum Gasteiger partial charge on any atom is -0.493 e. The molecule has 0 fully saturated rings. The fourth-order valence-electron chi connectivity index (χ4n) is 2.42. The number of benzene rings is 2. The molecule has 1 aromatic heterocycles. The number of aromatic nitrogens is 1. The van der Waals surface area contributed by atoms with Gasteiger partial charge in [0.2, 0.25) is 5.91 Å². The van der Waals surface area contributed by atoms with Gasteiger partial charge >= 0.3 is 0 Å². The van der Waals surface area contributed by atoms with Crippen molar-refractivity contribution in [3.63, 3.8) is 0 Å². The predicted molar refractivity (Wildman–Crippen MR) is 109 cm³/mol. The van der Waals surface area contributed by atoms with E-state index in [1.807, 2.05) is 36.6 Å². The predicted octanol–water partition coefficient (Wildman–Crippen LogP) is 4.69. The number of amides is 1. The van der Waals surface area contributed by atoms with Gasteiger partial charge in [-0.2, -0.15) is 0 Å². The largest absolute Gasteiger partial charge is 0.493 e. The van der Waals surface area contributed by atoms with Crippen molar-refractivity contribution in [1.29, 1.82) is 0 Å². The fraction of sp³-hybridized carbons (Fsp3) is 0.158. The van der Waals surface area contributed by atoms with E-state index in [0.29, 0.717) is 16.6 Å². The van der Waals surface area contributed by atoms with Gasteiger partial charge in [-0.1, -0.05) is 23.5 Å². The summed E-state index contributed by atoms with van der Waals surface area (Å²) in [4.78, 5) is 17.8. The molecule has 0 unspecified atom stereocenters. The van der Waals surface area contributed by atoms with E-state index < -0.39 is 0 Å². The second kappa shape index (κ2) is 8.25. The SMILES string of the molecule is COc1ccc(/C=C\C(=O)Nc2nc3c(SC)cccc3s2)cc1OC. The standard InChI is InChI=1S/C19H18N2O3S2/c1-23-13-9-7-12(11-14(13)24-2)8-10-17(22)20-19-21-18-15(25-3)5-4-6-16(18)26-19/h4-11H,1-3H3,(H,20,21,22)/b10-8-. The first kappa shape index (κ1) is 18.3. The van der Waals surface area contributed by atoms with Crippen LogP contribution in [0.1, 0.15) is 5.56 Å². The second-order valence-corrected chi connectivity index (χ2v) is 7.14. The fourth-order valence-corrected chi connectivity index (χ4v) is 3.94. The molecule has 0 aliphatic rings. The van der Waals surface area contributed by atoms with Crippen LogP contribution >= 0.6 is 23.1 Å². The van der Waals surface area contributed by atoms with Crippen molar-refractivity contribution in [2.24, 2.45) is 0 Å². The van der Waals surface area contributed by atoms with Crippen LogP contribution in [0.5, 0.6) is 11.5 Å². The molecule has 1 N–H and O–H groups in total. The Balaban J connectivity index is 1.73. The minimum atomic E-state index is -0.232. The van der Waals surface area contributed by atoms with Crippen molar-refractivity contribution >= 4 is 50.4 Å². The molecule has 26 heavy (non-hydrogen) atoms. The molecule has 0 saturated carbocycles. The van der Waals surface area contributed by atoms with E-state index in [1.54, 1.807) is 38.1 Å². The highest BCUT2D eigenvalue weighted by molar-refractivity contribution is 7.98. The summed E-state index contributed by atoms with van der Waals surface area (Å²) in [6.45, 7) is 0. The lowest BCUT2D eigenvalue weighted by Gasteiger charge is -2.07. The summed E-state index contributed by atoms with van der Waals surface area (Å²) in [7, 11) is 3.16. The quantitative estimate of drug-likeness (QED) is 0.492. The number of fused-ring (bicyclic) bond motifs is 1. The van der Waals surface area contributed by atoms with Crippen molar-refractivity contribution in [2.45, 2.75) is 4.90 Å². The molecule has 2 aromatic carbocycles. The summed E-state index contributed by atoms with van der Waals surface area (Å²) in [5.41, 5.74) is 1.76. The highest BCUT2D eigenvalue weighted by Gasteiger charge is 2.09. The average molecular weight is 386 g/mol. The van der Waals surface area contributed by atoms with Crippen molar-refractivity contribution in [2.75, 3.05) is 25.8 Å². The third-order valence-electron chi connectivity index (χ3n) is 3.67. The summed E-state index contributed by atoms with van der Waals surface area (Å²) < 4.78 is 11.5. The van der Waals surface area contributed by atoms with Crippen molar-refractivity contribution in [3.8, 4) is 11.5 Å². The maximum Gasteiger partial charge on any atom is 0.250 e. The third kappa shape index (κ3) is 4.00. The molecule has 3 rings (SSSR count). The van der Waals surface area contributed by atoms with Gasteiger partial charge in [0.25, 0.3) is 0 Å². The number of nitrogens with one attached hydrogen (secondary N) is 1. The lowest BCUT2D eigenvalue weighted by atomic mass is 10.2. The molecular weight excluding hydrogens is 368 g/mol. The lowest BCUT2D eigenvalue weighted by molar-refractivity contribution is -0.111. The van der Waals surface area contributed by atoms with E-state index in [-0.39, 0.29) is 5.91 Å². The molecule has 7 heteroatoms. The van der Waals surface area contributed by atoms with Crippen LogP contribution in [0.15, 0.2) is 47.4 Å². The number of para-hydroxylation sites is 1. The topological polar surface area (TPSA) is 60.5 Å². The number of nitrogens with zero attached hydrogens (tertiary/aromatic N) is 1. The molecule has 5 nitrogen and oxygen atoms in total. The molecule has 1 heterocycles. The zero-order valence-electron chi connectivity index (χ0n) is 14.6. The van der Waals surface area contributed by atoms with Crippen molar-refractivity contribution < 1.29 is 14.3 Å². The van der Waals surface area contributed by atoms with Gasteiger partial charge in [-0.25, -0.2) is 4.98 Å². The van der Waals surface area contributed by atoms with Gasteiger partial charge in [-0.3, -0.25) is 10.1 Å². The summed E-state index contributed by atoms with van der Waals surface area (Å²) >= 11 is 3.10. The van der Waals surface area contributed by atoms with E-state index in [1.165, 1.54) is 17.4 Å². The van der Waals surface area contributed by atoms with Gasteiger partial charge in [-0.05, 0) is 42.2 Å². The number of thioether (sulfide) groups is 1. The molecule has 134 valence electrons. The molecular formula is C19H18N2O3S2. The maximum atomic E-state index is 12.2. The number of methoxy groups -OCH3 is 2. The zero-order chi connectivity index (χ0) is 18.5. The Morgan fingerprint density at radius 3 is 2.73 bits per heavy atom. The Morgan fingerprint density at radius 1 is 1.19 bits per heavy atom. The first-order chi connectivity index (χ1) is 12.6. The smallest absolute Gasteiger partial charge is 0.250 e. The summed E-state index contributed by atoms with van der Waals surface area (Å²) in [6, 6.07) is 11.5. The van der Waals surface area contributed by atoms with Crippen LogP contribution in [0.2, 0.25) is 0 Å². The van der Waals surface area contributed by atoms with Crippen LogP contribution < -0.4 is 14.8 Å². The Labute approximate surface area is 160 Å². The van der Waals surface area contributed by atoms with Crippen LogP contribution in [0.3, 0.4) is 0 Å². The first-order valence-electron chi connectivity index (χ1n) is 7.79. The molecule has 0 saturated heterocycles. The number of anilines is 1. The van der Waals surface area contributed by atoms with E-state index in [9.17, 15) is 4.79 Å². The molecule has 0 spiro atoms. The lowest BCUT2D eigenvalue weighted by Crippen LogP contribution is -2.07. The molecule has 0 aliphatic heterocycles. The van der Waals surface area contributed by atoms with Crippen LogP contribution in [-0.4, -0.2) is 31.4 Å². The Morgan fingerprint density at radius 2 is 2.00 bits per heavy atom. The number of rotatable bonds is 6. The van der Waals surface area contributed by atoms with E-state index >= 15 is 0 Å². The van der Waals surface area contributed by atoms with Crippen LogP contribution in [0.25, 0.3) is 16.3 Å². The first-order valence-corrected chi connectivity index (χ1v) is 9.83. The van der Waals surface area contributed by atoms with Crippen molar-refractivity contribution in [1.82, 2.24) is 4.98 Å². The number of carbonyl (C=O) groups is 1.